The number of carbonyl (C=O) groups excluding carboxylic acids is 1. The van der Waals surface area contributed by atoms with Gasteiger partial charge in [0.25, 0.3) is 0 Å². The highest BCUT2D eigenvalue weighted by Crippen LogP contribution is 2.49. The van der Waals surface area contributed by atoms with E-state index in [0.717, 1.165) is 18.4 Å². The Labute approximate surface area is 130 Å². The molecular formula is C16H14BrFN2O. The number of nitrogens with two attached hydrogens (primary N) is 1. The molecule has 0 radical (unpaired) electrons. The Hall–Kier alpha value is -1.88. The molecule has 1 saturated carbocycles. The summed E-state index contributed by atoms with van der Waals surface area (Å²) in [6.07, 6.45) is 1.61. The van der Waals surface area contributed by atoms with Crippen molar-refractivity contribution < 1.29 is 9.18 Å². The SMILES string of the molecule is Nc1ccc(C2(C(=O)Nc3ccc(F)cc3Br)CC2)cc1. The van der Waals surface area contributed by atoms with E-state index in [4.69, 9.17) is 5.73 Å². The lowest BCUT2D eigenvalue weighted by Gasteiger charge is -2.16. The van der Waals surface area contributed by atoms with Crippen LogP contribution in [0.15, 0.2) is 46.9 Å². The Morgan fingerprint density at radius 2 is 1.86 bits per heavy atom. The minimum atomic E-state index is -0.485. The third kappa shape index (κ3) is 2.65. The van der Waals surface area contributed by atoms with E-state index in [1.165, 1.54) is 12.1 Å². The maximum absolute atomic E-state index is 13.1. The molecule has 0 heterocycles. The predicted molar refractivity (Wildman–Crippen MR) is 84.5 cm³/mol. The summed E-state index contributed by atoms with van der Waals surface area (Å²) in [6, 6.07) is 11.6. The monoisotopic (exact) mass is 348 g/mol. The largest absolute Gasteiger partial charge is 0.399 e. The van der Waals surface area contributed by atoms with Crippen molar-refractivity contribution >= 4 is 33.2 Å². The number of halogens is 2. The maximum atomic E-state index is 13.1. The highest BCUT2D eigenvalue weighted by atomic mass is 79.9. The highest BCUT2D eigenvalue weighted by molar-refractivity contribution is 9.10. The first-order valence-electron chi connectivity index (χ1n) is 6.64. The molecule has 0 spiro atoms. The zero-order chi connectivity index (χ0) is 15.0. The van der Waals surface area contributed by atoms with Crippen LogP contribution >= 0.6 is 15.9 Å². The molecule has 1 aliphatic carbocycles. The third-order valence-corrected chi connectivity index (χ3v) is 4.48. The smallest absolute Gasteiger partial charge is 0.235 e. The predicted octanol–water partition coefficient (Wildman–Crippen LogP) is 3.84. The molecule has 5 heteroatoms. The Kier molecular flexibility index (Phi) is 3.45. The van der Waals surface area contributed by atoms with Crippen molar-refractivity contribution in [3.8, 4) is 0 Å². The number of nitrogens with one attached hydrogen (secondary N) is 1. The van der Waals surface area contributed by atoms with E-state index in [1.54, 1.807) is 18.2 Å². The lowest BCUT2D eigenvalue weighted by Crippen LogP contribution is -2.28. The summed E-state index contributed by atoms with van der Waals surface area (Å²) in [5.74, 6) is -0.417. The quantitative estimate of drug-likeness (QED) is 0.828. The second kappa shape index (κ2) is 5.15. The fourth-order valence-electron chi connectivity index (χ4n) is 2.41. The van der Waals surface area contributed by atoms with E-state index in [1.807, 2.05) is 12.1 Å². The van der Waals surface area contributed by atoms with Gasteiger partial charge in [0.15, 0.2) is 0 Å². The van der Waals surface area contributed by atoms with Gasteiger partial charge in [0.1, 0.15) is 5.82 Å². The number of hydrogen-bond donors (Lipinski definition) is 2. The van der Waals surface area contributed by atoms with Gasteiger partial charge in [-0.2, -0.15) is 0 Å². The lowest BCUT2D eigenvalue weighted by molar-refractivity contribution is -0.118. The molecule has 2 aromatic carbocycles. The number of benzene rings is 2. The molecule has 1 fully saturated rings. The van der Waals surface area contributed by atoms with Gasteiger partial charge in [-0.1, -0.05) is 12.1 Å². The van der Waals surface area contributed by atoms with Crippen molar-refractivity contribution in [3.05, 3.63) is 58.3 Å². The van der Waals surface area contributed by atoms with Crippen molar-refractivity contribution in [3.63, 3.8) is 0 Å². The zero-order valence-electron chi connectivity index (χ0n) is 11.2. The lowest BCUT2D eigenvalue weighted by atomic mass is 9.94. The Morgan fingerprint density at radius 3 is 2.43 bits per heavy atom. The van der Waals surface area contributed by atoms with Crippen LogP contribution < -0.4 is 11.1 Å². The summed E-state index contributed by atoms with van der Waals surface area (Å²) < 4.78 is 13.6. The second-order valence-corrected chi connectivity index (χ2v) is 6.14. The van der Waals surface area contributed by atoms with Crippen LogP contribution in [0, 0.1) is 5.82 Å². The fraction of sp³-hybridized carbons (Fsp3) is 0.188. The molecule has 0 aliphatic heterocycles. The van der Waals surface area contributed by atoms with Crippen LogP contribution in [0.3, 0.4) is 0 Å². The molecule has 0 aromatic heterocycles. The van der Waals surface area contributed by atoms with Crippen LogP contribution in [-0.2, 0) is 10.2 Å². The molecule has 21 heavy (non-hydrogen) atoms. The molecule has 108 valence electrons. The molecule has 1 aliphatic rings. The second-order valence-electron chi connectivity index (χ2n) is 5.28. The van der Waals surface area contributed by atoms with Crippen molar-refractivity contribution in [1.82, 2.24) is 0 Å². The van der Waals surface area contributed by atoms with Gasteiger partial charge < -0.3 is 11.1 Å². The Morgan fingerprint density at radius 1 is 1.19 bits per heavy atom. The Balaban J connectivity index is 1.83. The molecule has 1 amide bonds. The minimum absolute atomic E-state index is 0.0698. The van der Waals surface area contributed by atoms with Crippen LogP contribution in [0.4, 0.5) is 15.8 Å². The van der Waals surface area contributed by atoms with Gasteiger partial charge in [0.2, 0.25) is 5.91 Å². The number of carbonyl (C=O) groups is 1. The zero-order valence-corrected chi connectivity index (χ0v) is 12.8. The summed E-state index contributed by atoms with van der Waals surface area (Å²) in [5.41, 5.74) is 7.41. The number of nitrogen functional groups attached to an aromatic ring is 1. The average Bonchev–Trinajstić information content (AvgIpc) is 3.24. The topological polar surface area (TPSA) is 55.1 Å². The normalized spacial score (nSPS) is 15.5. The van der Waals surface area contributed by atoms with Crippen molar-refractivity contribution in [2.45, 2.75) is 18.3 Å². The van der Waals surface area contributed by atoms with Gasteiger partial charge in [-0.3, -0.25) is 4.79 Å². The summed E-state index contributed by atoms with van der Waals surface area (Å²) in [6.45, 7) is 0. The van der Waals surface area contributed by atoms with Crippen molar-refractivity contribution in [2.24, 2.45) is 0 Å². The van der Waals surface area contributed by atoms with Gasteiger partial charge in [-0.25, -0.2) is 4.39 Å². The summed E-state index contributed by atoms with van der Waals surface area (Å²) in [7, 11) is 0. The van der Waals surface area contributed by atoms with Gasteiger partial charge in [-0.15, -0.1) is 0 Å². The van der Waals surface area contributed by atoms with Gasteiger partial charge in [-0.05, 0) is 64.7 Å². The van der Waals surface area contributed by atoms with Gasteiger partial charge in [0.05, 0.1) is 11.1 Å². The molecule has 3 N–H and O–H groups in total. The van der Waals surface area contributed by atoms with Crippen LogP contribution in [-0.4, -0.2) is 5.91 Å². The fourth-order valence-corrected chi connectivity index (χ4v) is 2.86. The number of hydrogen-bond acceptors (Lipinski definition) is 2. The average molecular weight is 349 g/mol. The molecule has 0 atom stereocenters. The van der Waals surface area contributed by atoms with Gasteiger partial charge >= 0.3 is 0 Å². The van der Waals surface area contributed by atoms with Crippen LogP contribution in [0.5, 0.6) is 0 Å². The molecule has 0 unspecified atom stereocenters. The first-order chi connectivity index (χ1) is 10.0. The number of rotatable bonds is 3. The van der Waals surface area contributed by atoms with E-state index in [2.05, 4.69) is 21.2 Å². The molecule has 0 bridgehead atoms. The molecule has 2 aromatic rings. The van der Waals surface area contributed by atoms with E-state index in [0.29, 0.717) is 15.8 Å². The molecule has 3 rings (SSSR count). The maximum Gasteiger partial charge on any atom is 0.235 e. The summed E-state index contributed by atoms with van der Waals surface area (Å²) in [5, 5.41) is 2.87. The van der Waals surface area contributed by atoms with E-state index in [9.17, 15) is 9.18 Å². The summed E-state index contributed by atoms with van der Waals surface area (Å²) >= 11 is 3.26. The highest BCUT2D eigenvalue weighted by Gasteiger charge is 2.51. The molecule has 3 nitrogen and oxygen atoms in total. The third-order valence-electron chi connectivity index (χ3n) is 3.83. The number of amides is 1. The molecule has 0 saturated heterocycles. The first kappa shape index (κ1) is 14.1. The van der Waals surface area contributed by atoms with Crippen LogP contribution in [0.1, 0.15) is 18.4 Å². The minimum Gasteiger partial charge on any atom is -0.399 e. The Bertz CT molecular complexity index is 696. The van der Waals surface area contributed by atoms with Gasteiger partial charge in [0, 0.05) is 10.2 Å². The first-order valence-corrected chi connectivity index (χ1v) is 7.43. The molecular weight excluding hydrogens is 335 g/mol. The van der Waals surface area contributed by atoms with Crippen LogP contribution in [0.25, 0.3) is 0 Å². The van der Waals surface area contributed by atoms with E-state index < -0.39 is 5.41 Å². The van der Waals surface area contributed by atoms with Crippen molar-refractivity contribution in [2.75, 3.05) is 11.1 Å². The van der Waals surface area contributed by atoms with Crippen LogP contribution in [0.2, 0.25) is 0 Å². The number of anilines is 2. The standard InChI is InChI=1S/C16H14BrFN2O/c17-13-9-11(18)3-6-14(13)20-15(21)16(7-8-16)10-1-4-12(19)5-2-10/h1-6,9H,7-8,19H2,(H,20,21). The summed E-state index contributed by atoms with van der Waals surface area (Å²) in [4.78, 5) is 12.6. The van der Waals surface area contributed by atoms with Crippen molar-refractivity contribution in [1.29, 1.82) is 0 Å². The van der Waals surface area contributed by atoms with E-state index >= 15 is 0 Å². The van der Waals surface area contributed by atoms with E-state index in [-0.39, 0.29) is 11.7 Å².